The normalized spacial score (nSPS) is 17.4. The van der Waals surface area contributed by atoms with Crippen LogP contribution in [-0.4, -0.2) is 68.8 Å². The molecule has 0 radical (unpaired) electrons. The molecule has 1 saturated heterocycles. The molecule has 1 heterocycles. The minimum atomic E-state index is -0.457. The first-order valence-corrected chi connectivity index (χ1v) is 8.05. The average molecular weight is 309 g/mol. The second kappa shape index (κ2) is 9.79. The van der Waals surface area contributed by atoms with Crippen LogP contribution in [0.4, 0.5) is 0 Å². The first-order valence-electron chi connectivity index (χ1n) is 8.05. The number of hydrogen-bond acceptors (Lipinski definition) is 5. The summed E-state index contributed by atoms with van der Waals surface area (Å²) in [5.41, 5.74) is 1.30. The van der Waals surface area contributed by atoms with Crippen molar-refractivity contribution in [3.63, 3.8) is 0 Å². The number of aliphatic hydroxyl groups excluding tert-OH is 1. The largest absolute Gasteiger partial charge is 0.491 e. The highest BCUT2D eigenvalue weighted by molar-refractivity contribution is 5.27. The minimum Gasteiger partial charge on any atom is -0.491 e. The lowest BCUT2D eigenvalue weighted by atomic mass is 10.2. The van der Waals surface area contributed by atoms with E-state index >= 15 is 0 Å². The summed E-state index contributed by atoms with van der Waals surface area (Å²) in [6.07, 6.45) is 0.576. The Hall–Kier alpha value is -1.14. The summed E-state index contributed by atoms with van der Waals surface area (Å²) < 4.78 is 16.4. The quantitative estimate of drug-likeness (QED) is 0.698. The summed E-state index contributed by atoms with van der Waals surface area (Å²) in [6.45, 7) is 7.36. The van der Waals surface area contributed by atoms with E-state index in [1.807, 2.05) is 12.1 Å². The molecule has 22 heavy (non-hydrogen) atoms. The number of morpholine rings is 1. The van der Waals surface area contributed by atoms with Crippen molar-refractivity contribution in [1.82, 2.24) is 4.90 Å². The summed E-state index contributed by atoms with van der Waals surface area (Å²) in [7, 11) is 0. The van der Waals surface area contributed by atoms with Crippen LogP contribution in [0.25, 0.3) is 0 Å². The molecule has 1 aromatic rings. The van der Waals surface area contributed by atoms with Gasteiger partial charge in [-0.15, -0.1) is 0 Å². The van der Waals surface area contributed by atoms with E-state index in [4.69, 9.17) is 14.2 Å². The van der Waals surface area contributed by atoms with Crippen molar-refractivity contribution in [3.8, 4) is 5.75 Å². The van der Waals surface area contributed by atoms with Crippen LogP contribution in [0.15, 0.2) is 24.3 Å². The molecule has 0 amide bonds. The third-order valence-electron chi connectivity index (χ3n) is 3.71. The Morgan fingerprint density at radius 2 is 1.91 bits per heavy atom. The third kappa shape index (κ3) is 6.32. The molecule has 0 saturated carbocycles. The maximum absolute atomic E-state index is 9.93. The van der Waals surface area contributed by atoms with E-state index in [1.165, 1.54) is 5.56 Å². The Bertz CT molecular complexity index is 404. The molecule has 124 valence electrons. The second-order valence-corrected chi connectivity index (χ2v) is 5.49. The van der Waals surface area contributed by atoms with Gasteiger partial charge in [0.1, 0.15) is 12.4 Å². The first kappa shape index (κ1) is 17.2. The minimum absolute atomic E-state index is 0.343. The second-order valence-electron chi connectivity index (χ2n) is 5.49. The van der Waals surface area contributed by atoms with Gasteiger partial charge in [0, 0.05) is 19.6 Å². The van der Waals surface area contributed by atoms with Crippen molar-refractivity contribution in [2.24, 2.45) is 0 Å². The van der Waals surface area contributed by atoms with Crippen molar-refractivity contribution < 1.29 is 19.3 Å². The van der Waals surface area contributed by atoms with Gasteiger partial charge in [0.25, 0.3) is 0 Å². The van der Waals surface area contributed by atoms with Crippen LogP contribution >= 0.6 is 0 Å². The topological polar surface area (TPSA) is 51.2 Å². The zero-order valence-electron chi connectivity index (χ0n) is 13.4. The summed E-state index contributed by atoms with van der Waals surface area (Å²) >= 11 is 0. The zero-order chi connectivity index (χ0) is 15.6. The molecule has 0 aromatic heterocycles. The van der Waals surface area contributed by atoms with Crippen molar-refractivity contribution in [3.05, 3.63) is 29.8 Å². The predicted octanol–water partition coefficient (Wildman–Crippen LogP) is 1.34. The molecule has 1 aliphatic heterocycles. The average Bonchev–Trinajstić information content (AvgIpc) is 2.56. The van der Waals surface area contributed by atoms with Crippen molar-refractivity contribution in [2.75, 3.05) is 52.7 Å². The molecule has 1 atom stereocenters. The van der Waals surface area contributed by atoms with E-state index in [9.17, 15) is 5.11 Å². The van der Waals surface area contributed by atoms with Crippen LogP contribution in [0, 0.1) is 0 Å². The van der Waals surface area contributed by atoms with E-state index in [-0.39, 0.29) is 0 Å². The summed E-state index contributed by atoms with van der Waals surface area (Å²) in [5, 5.41) is 9.93. The maximum Gasteiger partial charge on any atom is 0.119 e. The number of rotatable bonds is 9. The molecule has 0 aliphatic carbocycles. The number of β-amino-alcohol motifs (C(OH)–C–C–N with tert-alkyl or cyclic N) is 1. The lowest BCUT2D eigenvalue weighted by Crippen LogP contribution is -2.42. The van der Waals surface area contributed by atoms with Crippen LogP contribution in [0.2, 0.25) is 0 Å². The summed E-state index contributed by atoms with van der Waals surface area (Å²) in [6, 6.07) is 8.10. The Labute approximate surface area is 132 Å². The van der Waals surface area contributed by atoms with Crippen LogP contribution in [-0.2, 0) is 15.9 Å². The lowest BCUT2D eigenvalue weighted by molar-refractivity contribution is -0.0178. The van der Waals surface area contributed by atoms with Gasteiger partial charge in [-0.3, -0.25) is 4.90 Å². The molecule has 0 unspecified atom stereocenters. The number of aliphatic hydroxyl groups is 1. The highest BCUT2D eigenvalue weighted by atomic mass is 16.5. The Balaban J connectivity index is 1.52. The summed E-state index contributed by atoms with van der Waals surface area (Å²) in [5.74, 6) is 0.856. The van der Waals surface area contributed by atoms with Crippen molar-refractivity contribution >= 4 is 0 Å². The third-order valence-corrected chi connectivity index (χ3v) is 3.71. The van der Waals surface area contributed by atoms with Crippen LogP contribution in [0.5, 0.6) is 5.75 Å². The number of benzene rings is 1. The molecule has 0 spiro atoms. The molecule has 5 heteroatoms. The monoisotopic (exact) mass is 309 g/mol. The number of aryl methyl sites for hydroxylation is 1. The van der Waals surface area contributed by atoms with E-state index in [2.05, 4.69) is 24.0 Å². The molecular formula is C17H27NO4. The Morgan fingerprint density at radius 1 is 1.18 bits per heavy atom. The maximum atomic E-state index is 9.93. The van der Waals surface area contributed by atoms with E-state index < -0.39 is 6.10 Å². The first-order chi connectivity index (χ1) is 10.8. The molecule has 1 aromatic carbocycles. The van der Waals surface area contributed by atoms with Gasteiger partial charge in [0.15, 0.2) is 0 Å². The molecule has 1 N–H and O–H groups in total. The molecule has 2 rings (SSSR count). The number of nitrogens with zero attached hydrogens (tertiary/aromatic N) is 1. The van der Waals surface area contributed by atoms with Crippen molar-refractivity contribution in [2.45, 2.75) is 19.4 Å². The molecule has 0 bridgehead atoms. The van der Waals surface area contributed by atoms with Gasteiger partial charge in [0.2, 0.25) is 0 Å². The predicted molar refractivity (Wildman–Crippen MR) is 85.4 cm³/mol. The fourth-order valence-corrected chi connectivity index (χ4v) is 2.39. The van der Waals surface area contributed by atoms with Gasteiger partial charge in [0.05, 0.1) is 32.5 Å². The van der Waals surface area contributed by atoms with Crippen molar-refractivity contribution in [1.29, 1.82) is 0 Å². The zero-order valence-corrected chi connectivity index (χ0v) is 13.4. The van der Waals surface area contributed by atoms with Crippen LogP contribution in [0.1, 0.15) is 12.5 Å². The van der Waals surface area contributed by atoms with E-state index in [0.717, 1.165) is 38.5 Å². The SMILES string of the molecule is CCc1ccc(OCCOC[C@@H](O)CN2CCOCC2)cc1. The molecule has 5 nitrogen and oxygen atoms in total. The van der Waals surface area contributed by atoms with Gasteiger partial charge >= 0.3 is 0 Å². The van der Waals surface area contributed by atoms with Crippen LogP contribution < -0.4 is 4.74 Å². The van der Waals surface area contributed by atoms with Gasteiger partial charge in [-0.2, -0.15) is 0 Å². The van der Waals surface area contributed by atoms with E-state index in [0.29, 0.717) is 26.4 Å². The number of hydrogen-bond donors (Lipinski definition) is 1. The Morgan fingerprint density at radius 3 is 2.59 bits per heavy atom. The fourth-order valence-electron chi connectivity index (χ4n) is 2.39. The molecule has 1 aliphatic rings. The standard InChI is InChI=1S/C17H27NO4/c1-2-15-3-5-17(6-4-15)22-12-11-21-14-16(19)13-18-7-9-20-10-8-18/h3-6,16,19H,2,7-14H2,1H3/t16-/m0/s1. The van der Waals surface area contributed by atoms with Crippen LogP contribution in [0.3, 0.4) is 0 Å². The molecule has 1 fully saturated rings. The van der Waals surface area contributed by atoms with Gasteiger partial charge < -0.3 is 19.3 Å². The number of ether oxygens (including phenoxy) is 3. The smallest absolute Gasteiger partial charge is 0.119 e. The highest BCUT2D eigenvalue weighted by Crippen LogP contribution is 2.12. The highest BCUT2D eigenvalue weighted by Gasteiger charge is 2.14. The van der Waals surface area contributed by atoms with Gasteiger partial charge in [-0.05, 0) is 24.1 Å². The lowest BCUT2D eigenvalue weighted by Gasteiger charge is -2.28. The Kier molecular flexibility index (Phi) is 7.66. The van der Waals surface area contributed by atoms with E-state index in [1.54, 1.807) is 0 Å². The van der Waals surface area contributed by atoms with Gasteiger partial charge in [-0.25, -0.2) is 0 Å². The molecular weight excluding hydrogens is 282 g/mol. The van der Waals surface area contributed by atoms with Gasteiger partial charge in [-0.1, -0.05) is 19.1 Å². The summed E-state index contributed by atoms with van der Waals surface area (Å²) in [4.78, 5) is 2.20. The fraction of sp³-hybridized carbons (Fsp3) is 0.647.